The summed E-state index contributed by atoms with van der Waals surface area (Å²) in [6.45, 7) is 6.62. The molecule has 0 bridgehead atoms. The highest BCUT2D eigenvalue weighted by atomic mass is 16.7. The van der Waals surface area contributed by atoms with Crippen LogP contribution in [0, 0.1) is 5.41 Å². The van der Waals surface area contributed by atoms with Crippen LogP contribution >= 0.6 is 0 Å². The predicted octanol–water partition coefficient (Wildman–Crippen LogP) is -0.795. The van der Waals surface area contributed by atoms with Crippen molar-refractivity contribution in [2.75, 3.05) is 6.61 Å². The molecule has 2 aliphatic rings. The number of hydrogen-bond acceptors (Lipinski definition) is 8. The van der Waals surface area contributed by atoms with E-state index in [2.05, 4.69) is 5.73 Å². The van der Waals surface area contributed by atoms with Crippen molar-refractivity contribution >= 4 is 0 Å². The molecule has 6 N–H and O–H groups in total. The van der Waals surface area contributed by atoms with E-state index < -0.39 is 60.5 Å². The molecule has 8 heteroatoms. The molecular weight excluding hydrogens is 356 g/mol. The maximum atomic E-state index is 10.7. The van der Waals surface area contributed by atoms with Crippen molar-refractivity contribution in [3.63, 3.8) is 0 Å². The second kappa shape index (κ2) is 8.29. The lowest BCUT2D eigenvalue weighted by Gasteiger charge is -2.43. The Balaban J connectivity index is 2.16. The first kappa shape index (κ1) is 22.5. The van der Waals surface area contributed by atoms with Crippen LogP contribution in [0.4, 0.5) is 0 Å². The van der Waals surface area contributed by atoms with Gasteiger partial charge in [-0.1, -0.05) is 13.8 Å². The molecule has 0 spiro atoms. The van der Waals surface area contributed by atoms with Crippen LogP contribution in [0.3, 0.4) is 0 Å². The Morgan fingerprint density at radius 3 is 2.33 bits per heavy atom. The first-order valence-electron chi connectivity index (χ1n) is 9.23. The maximum absolute atomic E-state index is 10.7. The van der Waals surface area contributed by atoms with Crippen LogP contribution < -0.4 is 0 Å². The molecule has 0 radical (unpaired) electrons. The summed E-state index contributed by atoms with van der Waals surface area (Å²) in [4.78, 5) is 0. The fourth-order valence-corrected chi connectivity index (χ4v) is 4.04. The van der Waals surface area contributed by atoms with E-state index >= 15 is 0 Å². The molecule has 2 fully saturated rings. The van der Waals surface area contributed by atoms with E-state index in [0.717, 1.165) is 0 Å². The van der Waals surface area contributed by atoms with E-state index in [9.17, 15) is 30.6 Å². The summed E-state index contributed by atoms with van der Waals surface area (Å²) >= 11 is 0. The van der Waals surface area contributed by atoms with E-state index in [-0.39, 0.29) is 6.42 Å². The van der Waals surface area contributed by atoms with Gasteiger partial charge in [-0.05, 0) is 31.8 Å². The van der Waals surface area contributed by atoms with Crippen LogP contribution in [0.5, 0.6) is 0 Å². The molecule has 0 amide bonds. The van der Waals surface area contributed by atoms with Crippen LogP contribution in [-0.4, -0.2) is 85.8 Å². The van der Waals surface area contributed by atoms with Crippen LogP contribution in [-0.2, 0) is 9.47 Å². The number of ether oxygens (including phenoxy) is 2. The molecule has 0 aromatic rings. The molecule has 1 saturated carbocycles. The van der Waals surface area contributed by atoms with Gasteiger partial charge >= 0.3 is 0 Å². The summed E-state index contributed by atoms with van der Waals surface area (Å²) in [6.07, 6.45) is -5.60. The van der Waals surface area contributed by atoms with Gasteiger partial charge in [0.2, 0.25) is 0 Å². The molecule has 1 unspecified atom stereocenters. The molecule has 1 aliphatic heterocycles. The third-order valence-electron chi connectivity index (χ3n) is 5.25. The van der Waals surface area contributed by atoms with E-state index in [1.165, 1.54) is 0 Å². The molecule has 0 aromatic carbocycles. The Morgan fingerprint density at radius 2 is 1.78 bits per heavy atom. The van der Waals surface area contributed by atoms with E-state index in [4.69, 9.17) is 9.47 Å². The average Bonchev–Trinajstić information content (AvgIpc) is 2.52. The third-order valence-corrected chi connectivity index (χ3v) is 5.25. The zero-order valence-corrected chi connectivity index (χ0v) is 16.2. The fourth-order valence-electron chi connectivity index (χ4n) is 4.04. The normalized spacial score (nSPS) is 43.1. The van der Waals surface area contributed by atoms with Gasteiger partial charge < -0.3 is 40.1 Å². The molecule has 8 nitrogen and oxygen atoms in total. The summed E-state index contributed by atoms with van der Waals surface area (Å²) < 4.78 is 10.9. The van der Waals surface area contributed by atoms with Crippen molar-refractivity contribution < 1.29 is 40.1 Å². The van der Waals surface area contributed by atoms with Gasteiger partial charge in [0, 0.05) is 12.0 Å². The monoisotopic (exact) mass is 388 g/mol. The molecule has 1 saturated heterocycles. The van der Waals surface area contributed by atoms with Crippen LogP contribution in [0.2, 0.25) is 0 Å². The largest absolute Gasteiger partial charge is 0.394 e. The summed E-state index contributed by atoms with van der Waals surface area (Å²) in [5.41, 5.74) is 2.06. The lowest BCUT2D eigenvalue weighted by molar-refractivity contribution is -0.306. The molecule has 1 heterocycles. The second-order valence-corrected chi connectivity index (χ2v) is 8.44. The standard InChI is InChI=1S/C19H32O8/c1-10(26-17-16(24)15(23)14(22)12(9-20)27-17)5-6-13-18(2,3)7-11(21)8-19(13,4)25/h5,10-12,14-17,20-25H,7-9H2,1-4H3/t6?,10?,11-,12-,14-,15+,16-,17-,19+/m1/s1. The fraction of sp³-hybridized carbons (Fsp3) is 0.842. The minimum absolute atomic E-state index is 0.217. The maximum Gasteiger partial charge on any atom is 0.187 e. The lowest BCUT2D eigenvalue weighted by Crippen LogP contribution is -2.59. The molecule has 156 valence electrons. The van der Waals surface area contributed by atoms with Gasteiger partial charge in [0.05, 0.1) is 24.4 Å². The van der Waals surface area contributed by atoms with E-state index in [0.29, 0.717) is 12.0 Å². The van der Waals surface area contributed by atoms with Crippen molar-refractivity contribution in [3.8, 4) is 0 Å². The van der Waals surface area contributed by atoms with Gasteiger partial charge in [-0.2, -0.15) is 0 Å². The van der Waals surface area contributed by atoms with Gasteiger partial charge in [-0.3, -0.25) is 0 Å². The van der Waals surface area contributed by atoms with Crippen LogP contribution in [0.15, 0.2) is 17.4 Å². The molecule has 27 heavy (non-hydrogen) atoms. The highest BCUT2D eigenvalue weighted by Gasteiger charge is 2.45. The minimum Gasteiger partial charge on any atom is -0.394 e. The number of rotatable bonds is 4. The number of aliphatic hydroxyl groups is 6. The Hall–Kier alpha value is -0.800. The Morgan fingerprint density at radius 1 is 1.15 bits per heavy atom. The second-order valence-electron chi connectivity index (χ2n) is 8.44. The highest BCUT2D eigenvalue weighted by molar-refractivity contribution is 5.26. The lowest BCUT2D eigenvalue weighted by atomic mass is 9.65. The zero-order valence-electron chi connectivity index (χ0n) is 16.2. The first-order chi connectivity index (χ1) is 12.4. The molecule has 0 aromatic heterocycles. The Kier molecular flexibility index (Phi) is 6.90. The number of aliphatic hydroxyl groups excluding tert-OH is 5. The Labute approximate surface area is 159 Å². The third kappa shape index (κ3) is 4.98. The van der Waals surface area contributed by atoms with Gasteiger partial charge in [0.25, 0.3) is 0 Å². The summed E-state index contributed by atoms with van der Waals surface area (Å²) in [7, 11) is 0. The van der Waals surface area contributed by atoms with Crippen molar-refractivity contribution in [1.29, 1.82) is 0 Å². The van der Waals surface area contributed by atoms with E-state index in [1.807, 2.05) is 13.8 Å². The van der Waals surface area contributed by atoms with Crippen molar-refractivity contribution in [2.24, 2.45) is 5.41 Å². The van der Waals surface area contributed by atoms with Gasteiger partial charge in [-0.15, -0.1) is 5.73 Å². The summed E-state index contributed by atoms with van der Waals surface area (Å²) in [5, 5.41) is 59.5. The van der Waals surface area contributed by atoms with Gasteiger partial charge in [0.1, 0.15) is 24.4 Å². The molecule has 1 aliphatic carbocycles. The topological polar surface area (TPSA) is 140 Å². The SMILES string of the molecule is CC(C=C=C1C(C)(C)C[C@@H](O)C[C@]1(C)O)O[C@@H]1O[C@H](CO)[C@@H](O)[C@H](O)[C@H]1O. The Bertz CT molecular complexity index is 558. The molecule has 8 atom stereocenters. The van der Waals surface area contributed by atoms with Gasteiger partial charge in [0.15, 0.2) is 6.29 Å². The quantitative estimate of drug-likeness (QED) is 0.344. The van der Waals surface area contributed by atoms with Crippen LogP contribution in [0.25, 0.3) is 0 Å². The van der Waals surface area contributed by atoms with Crippen LogP contribution in [0.1, 0.15) is 40.5 Å². The highest BCUT2D eigenvalue weighted by Crippen LogP contribution is 2.45. The summed E-state index contributed by atoms with van der Waals surface area (Å²) in [6, 6.07) is 0. The number of hydrogen-bond donors (Lipinski definition) is 6. The molecule has 2 rings (SSSR count). The smallest absolute Gasteiger partial charge is 0.187 e. The van der Waals surface area contributed by atoms with Crippen molar-refractivity contribution in [1.82, 2.24) is 0 Å². The summed E-state index contributed by atoms with van der Waals surface area (Å²) in [5.74, 6) is 0. The predicted molar refractivity (Wildman–Crippen MR) is 95.6 cm³/mol. The van der Waals surface area contributed by atoms with Gasteiger partial charge in [-0.25, -0.2) is 0 Å². The van der Waals surface area contributed by atoms with Crippen molar-refractivity contribution in [3.05, 3.63) is 17.4 Å². The zero-order chi connectivity index (χ0) is 20.6. The van der Waals surface area contributed by atoms with Crippen molar-refractivity contribution in [2.45, 2.75) is 89.1 Å². The average molecular weight is 388 g/mol. The van der Waals surface area contributed by atoms with E-state index in [1.54, 1.807) is 19.9 Å². The minimum atomic E-state index is -1.50. The molecular formula is C19H32O8. The first-order valence-corrected chi connectivity index (χ1v) is 9.23.